The van der Waals surface area contributed by atoms with Gasteiger partial charge in [-0.25, -0.2) is 4.57 Å². The number of ether oxygens (including phenoxy) is 2. The number of quaternary nitrogens is 1. The molecule has 338 valence electrons. The van der Waals surface area contributed by atoms with Crippen molar-refractivity contribution in [3.8, 4) is 0 Å². The fraction of sp³-hybridized carbons (Fsp3) is 0.896. The lowest BCUT2D eigenvalue weighted by Crippen LogP contribution is -2.37. The van der Waals surface area contributed by atoms with E-state index in [1.807, 2.05) is 21.1 Å². The molecule has 0 rings (SSSR count). The largest absolute Gasteiger partial charge is 0.472 e. The van der Waals surface area contributed by atoms with Crippen molar-refractivity contribution < 1.29 is 37.3 Å². The summed E-state index contributed by atoms with van der Waals surface area (Å²) in [6.45, 7) is 5.63. The zero-order valence-electron chi connectivity index (χ0n) is 38.3. The summed E-state index contributed by atoms with van der Waals surface area (Å²) >= 11 is 0. The van der Waals surface area contributed by atoms with Crippen LogP contribution in [0.25, 0.3) is 0 Å². The average molecular weight is 829 g/mol. The predicted molar refractivity (Wildman–Crippen MR) is 243 cm³/mol. The number of rotatable bonds is 45. The van der Waals surface area contributed by atoms with Crippen LogP contribution in [0.15, 0.2) is 24.3 Å². The van der Waals surface area contributed by atoms with Crippen LogP contribution < -0.4 is 0 Å². The van der Waals surface area contributed by atoms with Crippen LogP contribution in [0.1, 0.15) is 219 Å². The lowest BCUT2D eigenvalue weighted by Gasteiger charge is -2.24. The molecule has 0 aliphatic rings. The van der Waals surface area contributed by atoms with Gasteiger partial charge in [-0.1, -0.05) is 173 Å². The molecule has 9 heteroatoms. The highest BCUT2D eigenvalue weighted by atomic mass is 31.2. The third-order valence-corrected chi connectivity index (χ3v) is 11.5. The number of carbonyl (C=O) groups excluding carboxylic acids is 1. The minimum Gasteiger partial charge on any atom is -0.457 e. The van der Waals surface area contributed by atoms with Crippen LogP contribution in [0.5, 0.6) is 0 Å². The summed E-state index contributed by atoms with van der Waals surface area (Å²) in [5.74, 6) is -0.318. The van der Waals surface area contributed by atoms with Gasteiger partial charge in [-0.3, -0.25) is 13.8 Å². The number of likely N-dealkylation sites (N-methyl/N-ethyl adjacent to an activating group) is 1. The second-order valence-corrected chi connectivity index (χ2v) is 18.9. The molecule has 8 nitrogen and oxygen atoms in total. The maximum absolute atomic E-state index is 12.7. The second kappa shape index (κ2) is 41.7. The maximum atomic E-state index is 12.7. The average Bonchev–Trinajstić information content (AvgIpc) is 3.16. The molecule has 0 amide bonds. The molecule has 0 aromatic carbocycles. The Morgan fingerprint density at radius 1 is 0.526 bits per heavy atom. The van der Waals surface area contributed by atoms with Gasteiger partial charge >= 0.3 is 13.8 Å². The summed E-state index contributed by atoms with van der Waals surface area (Å²) in [4.78, 5) is 22.9. The van der Waals surface area contributed by atoms with Crippen molar-refractivity contribution in [3.63, 3.8) is 0 Å². The number of allylic oxidation sites excluding steroid dienone is 4. The van der Waals surface area contributed by atoms with E-state index in [9.17, 15) is 14.3 Å². The highest BCUT2D eigenvalue weighted by molar-refractivity contribution is 7.47. The minimum absolute atomic E-state index is 0.0879. The Hall–Kier alpha value is -1.02. The van der Waals surface area contributed by atoms with Crippen molar-refractivity contribution in [2.24, 2.45) is 0 Å². The molecular weight excluding hydrogens is 734 g/mol. The fourth-order valence-electron chi connectivity index (χ4n) is 6.72. The number of hydrogen-bond acceptors (Lipinski definition) is 6. The molecule has 0 saturated heterocycles. The molecule has 0 radical (unpaired) electrons. The van der Waals surface area contributed by atoms with Gasteiger partial charge in [0.25, 0.3) is 0 Å². The Morgan fingerprint density at radius 3 is 1.33 bits per heavy atom. The van der Waals surface area contributed by atoms with E-state index in [-0.39, 0.29) is 25.8 Å². The van der Waals surface area contributed by atoms with Gasteiger partial charge in [0, 0.05) is 13.0 Å². The number of hydrogen-bond donors (Lipinski definition) is 1. The third-order valence-electron chi connectivity index (χ3n) is 10.5. The summed E-state index contributed by atoms with van der Waals surface area (Å²) in [6.07, 6.45) is 47.8. The molecular formula is C48H95NO7P+. The van der Waals surface area contributed by atoms with Crippen molar-refractivity contribution in [1.29, 1.82) is 0 Å². The molecule has 0 aliphatic heterocycles. The number of carbonyl (C=O) groups is 1. The van der Waals surface area contributed by atoms with Crippen LogP contribution >= 0.6 is 7.82 Å². The Morgan fingerprint density at radius 2 is 0.912 bits per heavy atom. The van der Waals surface area contributed by atoms with E-state index in [2.05, 4.69) is 38.2 Å². The quantitative estimate of drug-likeness (QED) is 0.0215. The van der Waals surface area contributed by atoms with Crippen molar-refractivity contribution >= 4 is 13.8 Å². The van der Waals surface area contributed by atoms with Gasteiger partial charge in [0.2, 0.25) is 0 Å². The lowest BCUT2D eigenvalue weighted by molar-refractivity contribution is -0.870. The van der Waals surface area contributed by atoms with Crippen LogP contribution in [-0.2, 0) is 27.9 Å². The van der Waals surface area contributed by atoms with Crippen molar-refractivity contribution in [2.75, 3.05) is 54.1 Å². The second-order valence-electron chi connectivity index (χ2n) is 17.5. The summed E-state index contributed by atoms with van der Waals surface area (Å²) in [7, 11) is 1.67. The summed E-state index contributed by atoms with van der Waals surface area (Å²) in [6, 6.07) is 0. The predicted octanol–water partition coefficient (Wildman–Crippen LogP) is 14.4. The zero-order chi connectivity index (χ0) is 42.0. The molecule has 0 heterocycles. The van der Waals surface area contributed by atoms with Gasteiger partial charge in [-0.2, -0.15) is 0 Å². The smallest absolute Gasteiger partial charge is 0.457 e. The van der Waals surface area contributed by atoms with Crippen LogP contribution in [0.4, 0.5) is 0 Å². The number of nitrogens with zero attached hydrogens (tertiary/aromatic N) is 1. The number of unbranched alkanes of at least 4 members (excludes halogenated alkanes) is 27. The molecule has 0 aromatic heterocycles. The Balaban J connectivity index is 4.19. The van der Waals surface area contributed by atoms with Crippen molar-refractivity contribution in [1.82, 2.24) is 0 Å². The van der Waals surface area contributed by atoms with Crippen molar-refractivity contribution in [3.05, 3.63) is 24.3 Å². The van der Waals surface area contributed by atoms with E-state index in [1.165, 1.54) is 167 Å². The molecule has 0 aliphatic carbocycles. The van der Waals surface area contributed by atoms with E-state index >= 15 is 0 Å². The molecule has 2 atom stereocenters. The molecule has 2 unspecified atom stereocenters. The third kappa shape index (κ3) is 45.9. The van der Waals surface area contributed by atoms with Gasteiger partial charge in [-0.15, -0.1) is 0 Å². The molecule has 57 heavy (non-hydrogen) atoms. The fourth-order valence-corrected chi connectivity index (χ4v) is 7.46. The monoisotopic (exact) mass is 829 g/mol. The van der Waals surface area contributed by atoms with Crippen LogP contribution in [0.3, 0.4) is 0 Å². The standard InChI is InChI=1S/C48H94NO7P/c1-6-8-10-12-14-16-18-20-22-24-25-27-29-31-33-35-37-39-41-48(50)56-47(46-55-57(51,52)54-44-42-49(3,4)5)45-53-43-40-38-36-34-32-30-28-26-23-21-19-17-15-13-11-9-7-2/h22-24,26,47H,6-21,25,27-46H2,1-5H3/p+1/b24-22-,26-23-. The first-order chi connectivity index (χ1) is 27.6. The van der Waals surface area contributed by atoms with E-state index < -0.39 is 13.9 Å². The number of phosphoric acid groups is 1. The van der Waals surface area contributed by atoms with Gasteiger partial charge in [0.1, 0.15) is 19.3 Å². The normalized spacial score (nSPS) is 13.9. The van der Waals surface area contributed by atoms with Crippen LogP contribution in [0, 0.1) is 0 Å². The first-order valence-electron chi connectivity index (χ1n) is 24.1. The summed E-state index contributed by atoms with van der Waals surface area (Å²) in [5.41, 5.74) is 0. The van der Waals surface area contributed by atoms with E-state index in [1.54, 1.807) is 0 Å². The number of phosphoric ester groups is 1. The van der Waals surface area contributed by atoms with E-state index in [4.69, 9.17) is 18.5 Å². The van der Waals surface area contributed by atoms with Crippen molar-refractivity contribution in [2.45, 2.75) is 225 Å². The first-order valence-corrected chi connectivity index (χ1v) is 25.6. The highest BCUT2D eigenvalue weighted by Crippen LogP contribution is 2.43. The van der Waals surface area contributed by atoms with Gasteiger partial charge in [0.15, 0.2) is 0 Å². The Bertz CT molecular complexity index is 967. The zero-order valence-corrected chi connectivity index (χ0v) is 39.2. The molecule has 0 fully saturated rings. The SMILES string of the molecule is CCCCCCCCC/C=C\CCCCCCCCCC(=O)OC(COCCCCCCCC/C=C\CCCCCCCCC)COP(=O)(O)OCC[N+](C)(C)C. The topological polar surface area (TPSA) is 91.3 Å². The molecule has 0 spiro atoms. The summed E-state index contributed by atoms with van der Waals surface area (Å²) in [5, 5.41) is 0. The van der Waals surface area contributed by atoms with Crippen LogP contribution in [-0.4, -0.2) is 75.6 Å². The molecule has 0 aromatic rings. The van der Waals surface area contributed by atoms with Gasteiger partial charge < -0.3 is 18.9 Å². The molecule has 0 saturated carbocycles. The maximum Gasteiger partial charge on any atom is 0.472 e. The van der Waals surface area contributed by atoms with Gasteiger partial charge in [-0.05, 0) is 64.2 Å². The van der Waals surface area contributed by atoms with E-state index in [0.29, 0.717) is 24.1 Å². The lowest BCUT2D eigenvalue weighted by atomic mass is 10.1. The highest BCUT2D eigenvalue weighted by Gasteiger charge is 2.26. The summed E-state index contributed by atoms with van der Waals surface area (Å²) < 4.78 is 35.1. The minimum atomic E-state index is -4.28. The van der Waals surface area contributed by atoms with E-state index in [0.717, 1.165) is 32.1 Å². The van der Waals surface area contributed by atoms with Gasteiger partial charge in [0.05, 0.1) is 34.4 Å². The molecule has 0 bridgehead atoms. The Kier molecular flexibility index (Phi) is 41.0. The van der Waals surface area contributed by atoms with Crippen LogP contribution in [0.2, 0.25) is 0 Å². The number of esters is 1. The first kappa shape index (κ1) is 56.0. The Labute approximate surface area is 353 Å². The molecule has 1 N–H and O–H groups in total.